The zero-order valence-electron chi connectivity index (χ0n) is 16.6. The van der Waals surface area contributed by atoms with Crippen molar-refractivity contribution in [3.63, 3.8) is 0 Å². The molecule has 2 rings (SSSR count). The molecule has 1 fully saturated rings. The Kier molecular flexibility index (Phi) is 9.13. The average Bonchev–Trinajstić information content (AvgIpc) is 2.65. The molecule has 0 heterocycles. The van der Waals surface area contributed by atoms with E-state index in [0.717, 1.165) is 24.5 Å². The standard InChI is InChI=1S/C22H31F3O3/c1-2-3-4-5-6-17-7-9-18(10-8-17)11-16-21(26)27-19-12-14-20(15-13-19)28-22(23,24)25/h12-15,17-18H,2-11,16H2,1H3. The molecule has 6 heteroatoms. The minimum absolute atomic E-state index is 0.232. The lowest BCUT2D eigenvalue weighted by Gasteiger charge is -2.28. The fourth-order valence-corrected chi connectivity index (χ4v) is 3.88. The predicted octanol–water partition coefficient (Wildman–Crippen LogP) is 7.05. The van der Waals surface area contributed by atoms with Gasteiger partial charge in [-0.15, -0.1) is 13.2 Å². The van der Waals surface area contributed by atoms with Crippen molar-refractivity contribution in [1.29, 1.82) is 0 Å². The highest BCUT2D eigenvalue weighted by Crippen LogP contribution is 2.34. The summed E-state index contributed by atoms with van der Waals surface area (Å²) in [6.45, 7) is 2.23. The van der Waals surface area contributed by atoms with Crippen LogP contribution in [0, 0.1) is 11.8 Å². The van der Waals surface area contributed by atoms with Gasteiger partial charge >= 0.3 is 12.3 Å². The third-order valence-electron chi connectivity index (χ3n) is 5.48. The van der Waals surface area contributed by atoms with Crippen LogP contribution in [0.3, 0.4) is 0 Å². The van der Waals surface area contributed by atoms with Gasteiger partial charge in [0.1, 0.15) is 11.5 Å². The van der Waals surface area contributed by atoms with Crippen LogP contribution in [0.25, 0.3) is 0 Å². The quantitative estimate of drug-likeness (QED) is 0.240. The Bertz CT molecular complexity index is 576. The van der Waals surface area contributed by atoms with Crippen molar-refractivity contribution in [2.45, 2.75) is 83.9 Å². The second-order valence-electron chi connectivity index (χ2n) is 7.77. The molecule has 1 aromatic carbocycles. The van der Waals surface area contributed by atoms with Crippen LogP contribution < -0.4 is 9.47 Å². The molecule has 0 unspecified atom stereocenters. The molecule has 0 amide bonds. The van der Waals surface area contributed by atoms with Gasteiger partial charge in [-0.2, -0.15) is 0 Å². The first-order valence-corrected chi connectivity index (χ1v) is 10.4. The van der Waals surface area contributed by atoms with Gasteiger partial charge in [0.2, 0.25) is 0 Å². The number of carbonyl (C=O) groups excluding carboxylic acids is 1. The van der Waals surface area contributed by atoms with E-state index in [1.165, 1.54) is 69.9 Å². The number of alkyl halides is 3. The highest BCUT2D eigenvalue weighted by Gasteiger charge is 2.31. The average molecular weight is 400 g/mol. The molecular weight excluding hydrogens is 369 g/mol. The fraction of sp³-hybridized carbons (Fsp3) is 0.682. The maximum atomic E-state index is 12.1. The molecule has 1 aliphatic carbocycles. The van der Waals surface area contributed by atoms with Crippen LogP contribution in [0.4, 0.5) is 13.2 Å². The first-order valence-electron chi connectivity index (χ1n) is 10.4. The number of rotatable bonds is 10. The largest absolute Gasteiger partial charge is 0.573 e. The summed E-state index contributed by atoms with van der Waals surface area (Å²) >= 11 is 0. The number of halogens is 3. The van der Waals surface area contributed by atoms with Crippen molar-refractivity contribution in [2.75, 3.05) is 0 Å². The SMILES string of the molecule is CCCCCCC1CCC(CCC(=O)Oc2ccc(OC(F)(F)F)cc2)CC1. The summed E-state index contributed by atoms with van der Waals surface area (Å²) in [4.78, 5) is 12.0. The molecule has 0 N–H and O–H groups in total. The molecule has 0 aromatic heterocycles. The van der Waals surface area contributed by atoms with E-state index in [1.54, 1.807) is 0 Å². The van der Waals surface area contributed by atoms with Gasteiger partial charge in [0, 0.05) is 6.42 Å². The van der Waals surface area contributed by atoms with E-state index in [0.29, 0.717) is 12.3 Å². The van der Waals surface area contributed by atoms with Crippen LogP contribution >= 0.6 is 0 Å². The first-order chi connectivity index (χ1) is 13.4. The van der Waals surface area contributed by atoms with Crippen LogP contribution in [-0.2, 0) is 4.79 Å². The van der Waals surface area contributed by atoms with Gasteiger partial charge < -0.3 is 9.47 Å². The smallest absolute Gasteiger partial charge is 0.427 e. The number of benzene rings is 1. The maximum absolute atomic E-state index is 12.1. The summed E-state index contributed by atoms with van der Waals surface area (Å²) in [6.07, 6.45) is 7.90. The monoisotopic (exact) mass is 400 g/mol. The second kappa shape index (κ2) is 11.3. The molecule has 0 spiro atoms. The highest BCUT2D eigenvalue weighted by atomic mass is 19.4. The van der Waals surface area contributed by atoms with Gasteiger partial charge in [0.25, 0.3) is 0 Å². The number of unbranched alkanes of at least 4 members (excludes halogenated alkanes) is 3. The van der Waals surface area contributed by atoms with E-state index < -0.39 is 6.36 Å². The summed E-state index contributed by atoms with van der Waals surface area (Å²) in [6, 6.07) is 4.89. The van der Waals surface area contributed by atoms with Crippen molar-refractivity contribution < 1.29 is 27.4 Å². The molecule has 158 valence electrons. The number of esters is 1. The van der Waals surface area contributed by atoms with E-state index >= 15 is 0 Å². The summed E-state index contributed by atoms with van der Waals surface area (Å²) in [5, 5.41) is 0. The number of hydrogen-bond acceptors (Lipinski definition) is 3. The first kappa shape index (κ1) is 22.6. The van der Waals surface area contributed by atoms with Crippen LogP contribution in [0.2, 0.25) is 0 Å². The highest BCUT2D eigenvalue weighted by molar-refractivity contribution is 5.72. The molecule has 0 aliphatic heterocycles. The molecule has 3 nitrogen and oxygen atoms in total. The summed E-state index contributed by atoms with van der Waals surface area (Å²) < 4.78 is 45.4. The number of carbonyl (C=O) groups is 1. The van der Waals surface area contributed by atoms with Gasteiger partial charge in [-0.05, 0) is 42.5 Å². The van der Waals surface area contributed by atoms with Crippen LogP contribution in [-0.4, -0.2) is 12.3 Å². The molecular formula is C22H31F3O3. The lowest BCUT2D eigenvalue weighted by molar-refractivity contribution is -0.274. The van der Waals surface area contributed by atoms with Gasteiger partial charge in [0.05, 0.1) is 0 Å². The Morgan fingerprint density at radius 1 is 0.929 bits per heavy atom. The minimum atomic E-state index is -4.73. The molecule has 1 aromatic rings. The number of ether oxygens (including phenoxy) is 2. The lowest BCUT2D eigenvalue weighted by Crippen LogP contribution is -2.17. The van der Waals surface area contributed by atoms with Crippen LogP contribution in [0.15, 0.2) is 24.3 Å². The molecule has 1 saturated carbocycles. The van der Waals surface area contributed by atoms with Crippen molar-refractivity contribution >= 4 is 5.97 Å². The van der Waals surface area contributed by atoms with E-state index in [2.05, 4.69) is 11.7 Å². The normalized spacial score (nSPS) is 20.0. The van der Waals surface area contributed by atoms with Gasteiger partial charge in [-0.1, -0.05) is 64.7 Å². The molecule has 0 bridgehead atoms. The third kappa shape index (κ3) is 8.98. The van der Waals surface area contributed by atoms with Gasteiger partial charge in [0.15, 0.2) is 0 Å². The Balaban J connectivity index is 1.62. The van der Waals surface area contributed by atoms with Crippen LogP contribution in [0.1, 0.15) is 77.6 Å². The van der Waals surface area contributed by atoms with Gasteiger partial charge in [-0.25, -0.2) is 0 Å². The molecule has 1 aliphatic rings. The lowest BCUT2D eigenvalue weighted by atomic mass is 9.78. The van der Waals surface area contributed by atoms with Gasteiger partial charge in [-0.3, -0.25) is 4.79 Å². The number of hydrogen-bond donors (Lipinski definition) is 0. The topological polar surface area (TPSA) is 35.5 Å². The minimum Gasteiger partial charge on any atom is -0.427 e. The Morgan fingerprint density at radius 3 is 2.07 bits per heavy atom. The van der Waals surface area contributed by atoms with E-state index in [-0.39, 0.29) is 17.5 Å². The maximum Gasteiger partial charge on any atom is 0.573 e. The van der Waals surface area contributed by atoms with Crippen LogP contribution in [0.5, 0.6) is 11.5 Å². The van der Waals surface area contributed by atoms with E-state index in [9.17, 15) is 18.0 Å². The van der Waals surface area contributed by atoms with E-state index in [4.69, 9.17) is 4.74 Å². The summed E-state index contributed by atoms with van der Waals surface area (Å²) in [5.74, 6) is 0.972. The van der Waals surface area contributed by atoms with Crippen molar-refractivity contribution in [1.82, 2.24) is 0 Å². The Hall–Kier alpha value is -1.72. The molecule has 0 atom stereocenters. The summed E-state index contributed by atoms with van der Waals surface area (Å²) in [5.41, 5.74) is 0. The fourth-order valence-electron chi connectivity index (χ4n) is 3.88. The van der Waals surface area contributed by atoms with Crippen molar-refractivity contribution in [2.24, 2.45) is 11.8 Å². The predicted molar refractivity (Wildman–Crippen MR) is 102 cm³/mol. The molecule has 0 radical (unpaired) electrons. The van der Waals surface area contributed by atoms with E-state index in [1.807, 2.05) is 0 Å². The van der Waals surface area contributed by atoms with Crippen molar-refractivity contribution in [3.05, 3.63) is 24.3 Å². The third-order valence-corrected chi connectivity index (χ3v) is 5.48. The summed E-state index contributed by atoms with van der Waals surface area (Å²) in [7, 11) is 0. The second-order valence-corrected chi connectivity index (χ2v) is 7.77. The Morgan fingerprint density at radius 2 is 1.50 bits per heavy atom. The zero-order chi connectivity index (χ0) is 20.4. The van der Waals surface area contributed by atoms with Crippen molar-refractivity contribution in [3.8, 4) is 11.5 Å². The Labute approximate surface area is 165 Å². The molecule has 0 saturated heterocycles. The zero-order valence-corrected chi connectivity index (χ0v) is 16.6. The molecule has 28 heavy (non-hydrogen) atoms.